The molecule has 0 aliphatic heterocycles. The molecule has 0 amide bonds. The molecule has 5 heteroatoms. The third kappa shape index (κ3) is 3.22. The fourth-order valence-electron chi connectivity index (χ4n) is 1.21. The standard InChI is InChI=1S/C9H16ClN3S/c1-9(2,5-12-6-13-11)7-3-4-8(10)14-7/h3-4,12-13H,5-6,11H2,1-2H3. The van der Waals surface area contributed by atoms with Crippen LogP contribution in [0.15, 0.2) is 12.1 Å². The fourth-order valence-corrected chi connectivity index (χ4v) is 2.36. The molecule has 0 bridgehead atoms. The summed E-state index contributed by atoms with van der Waals surface area (Å²) >= 11 is 7.52. The molecule has 14 heavy (non-hydrogen) atoms. The monoisotopic (exact) mass is 233 g/mol. The van der Waals surface area contributed by atoms with Crippen LogP contribution < -0.4 is 16.6 Å². The molecule has 0 spiro atoms. The topological polar surface area (TPSA) is 50.1 Å². The van der Waals surface area contributed by atoms with Crippen molar-refractivity contribution >= 4 is 22.9 Å². The van der Waals surface area contributed by atoms with Gasteiger partial charge in [0.1, 0.15) is 0 Å². The molecule has 1 rings (SSSR count). The Labute approximate surface area is 93.6 Å². The van der Waals surface area contributed by atoms with Crippen molar-refractivity contribution in [3.05, 3.63) is 21.3 Å². The van der Waals surface area contributed by atoms with Gasteiger partial charge in [-0.3, -0.25) is 5.84 Å². The van der Waals surface area contributed by atoms with Crippen LogP contribution in [0, 0.1) is 0 Å². The van der Waals surface area contributed by atoms with E-state index in [1.165, 1.54) is 4.88 Å². The number of halogens is 1. The van der Waals surface area contributed by atoms with Crippen LogP contribution in [0.5, 0.6) is 0 Å². The van der Waals surface area contributed by atoms with Gasteiger partial charge in [0, 0.05) is 16.8 Å². The van der Waals surface area contributed by atoms with Gasteiger partial charge >= 0.3 is 0 Å². The van der Waals surface area contributed by atoms with Gasteiger partial charge in [-0.25, -0.2) is 5.43 Å². The second kappa shape index (κ2) is 5.09. The van der Waals surface area contributed by atoms with E-state index in [2.05, 4.69) is 30.7 Å². The Hall–Kier alpha value is -0.130. The lowest BCUT2D eigenvalue weighted by Crippen LogP contribution is -2.40. The lowest BCUT2D eigenvalue weighted by atomic mass is 9.91. The van der Waals surface area contributed by atoms with Crippen LogP contribution in [-0.2, 0) is 5.41 Å². The Balaban J connectivity index is 2.56. The Morgan fingerprint density at radius 1 is 1.50 bits per heavy atom. The minimum Gasteiger partial charge on any atom is -0.303 e. The first-order valence-corrected chi connectivity index (χ1v) is 5.66. The van der Waals surface area contributed by atoms with E-state index in [1.807, 2.05) is 6.07 Å². The molecule has 3 nitrogen and oxygen atoms in total. The van der Waals surface area contributed by atoms with Crippen molar-refractivity contribution < 1.29 is 0 Å². The molecule has 0 fully saturated rings. The third-order valence-electron chi connectivity index (χ3n) is 2.03. The first-order valence-electron chi connectivity index (χ1n) is 4.46. The average molecular weight is 234 g/mol. The molecule has 0 aliphatic carbocycles. The largest absolute Gasteiger partial charge is 0.303 e. The molecule has 0 aliphatic rings. The van der Waals surface area contributed by atoms with E-state index in [0.29, 0.717) is 6.67 Å². The summed E-state index contributed by atoms with van der Waals surface area (Å²) in [6.07, 6.45) is 0. The summed E-state index contributed by atoms with van der Waals surface area (Å²) in [6, 6.07) is 4.01. The van der Waals surface area contributed by atoms with Crippen molar-refractivity contribution in [3.8, 4) is 0 Å². The van der Waals surface area contributed by atoms with Crippen molar-refractivity contribution in [2.75, 3.05) is 13.2 Å². The summed E-state index contributed by atoms with van der Waals surface area (Å²) in [4.78, 5) is 1.28. The number of thiophene rings is 1. The van der Waals surface area contributed by atoms with Gasteiger partial charge in [0.2, 0.25) is 0 Å². The lowest BCUT2D eigenvalue weighted by molar-refractivity contribution is 0.461. The summed E-state index contributed by atoms with van der Waals surface area (Å²) in [5.41, 5.74) is 2.66. The maximum atomic E-state index is 5.89. The van der Waals surface area contributed by atoms with Gasteiger partial charge in [-0.2, -0.15) is 0 Å². The highest BCUT2D eigenvalue weighted by Crippen LogP contribution is 2.31. The smallest absolute Gasteiger partial charge is 0.0931 e. The first-order chi connectivity index (χ1) is 6.56. The number of nitrogens with one attached hydrogen (secondary N) is 2. The summed E-state index contributed by atoms with van der Waals surface area (Å²) in [5, 5.41) is 3.21. The molecule has 0 radical (unpaired) electrons. The Morgan fingerprint density at radius 2 is 2.21 bits per heavy atom. The molecule has 1 aromatic rings. The number of rotatable bonds is 5. The van der Waals surface area contributed by atoms with Gasteiger partial charge < -0.3 is 5.32 Å². The van der Waals surface area contributed by atoms with Crippen LogP contribution in [0.25, 0.3) is 0 Å². The minimum absolute atomic E-state index is 0.0919. The number of hydrogen-bond acceptors (Lipinski definition) is 4. The Kier molecular flexibility index (Phi) is 4.34. The molecule has 1 heterocycles. The SMILES string of the molecule is CC(C)(CNCNN)c1ccc(Cl)s1. The zero-order valence-corrected chi connectivity index (χ0v) is 10.0. The van der Waals surface area contributed by atoms with E-state index in [4.69, 9.17) is 17.4 Å². The van der Waals surface area contributed by atoms with Crippen molar-refractivity contribution in [2.24, 2.45) is 5.84 Å². The molecule has 0 aromatic carbocycles. The molecule has 0 saturated carbocycles. The molecule has 0 unspecified atom stereocenters. The number of hydrogen-bond donors (Lipinski definition) is 3. The highest BCUT2D eigenvalue weighted by atomic mass is 35.5. The summed E-state index contributed by atoms with van der Waals surface area (Å²) in [6.45, 7) is 5.84. The van der Waals surface area contributed by atoms with Crippen LogP contribution in [0.4, 0.5) is 0 Å². The minimum atomic E-state index is 0.0919. The van der Waals surface area contributed by atoms with E-state index < -0.39 is 0 Å². The fraction of sp³-hybridized carbons (Fsp3) is 0.556. The normalized spacial score (nSPS) is 12.0. The molecule has 0 saturated heterocycles. The first kappa shape index (κ1) is 11.9. The Bertz CT molecular complexity index is 285. The maximum absolute atomic E-state index is 5.89. The van der Waals surface area contributed by atoms with Gasteiger partial charge in [-0.15, -0.1) is 11.3 Å². The van der Waals surface area contributed by atoms with Crippen LogP contribution in [0.1, 0.15) is 18.7 Å². The van der Waals surface area contributed by atoms with Crippen LogP contribution >= 0.6 is 22.9 Å². The van der Waals surface area contributed by atoms with Crippen LogP contribution in [-0.4, -0.2) is 13.2 Å². The molecular formula is C9H16ClN3S. The zero-order valence-electron chi connectivity index (χ0n) is 8.43. The van der Waals surface area contributed by atoms with Gasteiger partial charge in [0.25, 0.3) is 0 Å². The Morgan fingerprint density at radius 3 is 2.71 bits per heavy atom. The predicted octanol–water partition coefficient (Wildman–Crippen LogP) is 1.69. The maximum Gasteiger partial charge on any atom is 0.0931 e. The molecule has 1 aromatic heterocycles. The van der Waals surface area contributed by atoms with E-state index in [1.54, 1.807) is 11.3 Å². The summed E-state index contributed by atoms with van der Waals surface area (Å²) in [7, 11) is 0. The van der Waals surface area contributed by atoms with E-state index in [9.17, 15) is 0 Å². The quantitative estimate of drug-likeness (QED) is 0.314. The van der Waals surface area contributed by atoms with E-state index >= 15 is 0 Å². The van der Waals surface area contributed by atoms with Gasteiger partial charge in [-0.1, -0.05) is 25.4 Å². The van der Waals surface area contributed by atoms with Crippen molar-refractivity contribution in [1.29, 1.82) is 0 Å². The van der Waals surface area contributed by atoms with Crippen LogP contribution in [0.2, 0.25) is 4.34 Å². The van der Waals surface area contributed by atoms with Gasteiger partial charge in [0.15, 0.2) is 0 Å². The third-order valence-corrected chi connectivity index (χ3v) is 3.63. The summed E-state index contributed by atoms with van der Waals surface area (Å²) < 4.78 is 0.838. The zero-order chi connectivity index (χ0) is 10.6. The molecular weight excluding hydrogens is 218 g/mol. The van der Waals surface area contributed by atoms with Gasteiger partial charge in [0.05, 0.1) is 11.0 Å². The number of nitrogens with two attached hydrogens (primary N) is 1. The summed E-state index contributed by atoms with van der Waals surface area (Å²) in [5.74, 6) is 5.17. The highest BCUT2D eigenvalue weighted by Gasteiger charge is 2.21. The molecule has 80 valence electrons. The second-order valence-corrected chi connectivity index (χ2v) is 5.51. The van der Waals surface area contributed by atoms with E-state index in [0.717, 1.165) is 10.9 Å². The second-order valence-electron chi connectivity index (χ2n) is 3.80. The molecule has 4 N–H and O–H groups in total. The number of hydrazine groups is 1. The lowest BCUT2D eigenvalue weighted by Gasteiger charge is -2.23. The molecule has 0 atom stereocenters. The van der Waals surface area contributed by atoms with E-state index in [-0.39, 0.29) is 5.41 Å². The average Bonchev–Trinajstić information content (AvgIpc) is 2.53. The van der Waals surface area contributed by atoms with Crippen molar-refractivity contribution in [3.63, 3.8) is 0 Å². The van der Waals surface area contributed by atoms with Crippen molar-refractivity contribution in [2.45, 2.75) is 19.3 Å². The highest BCUT2D eigenvalue weighted by molar-refractivity contribution is 7.16. The van der Waals surface area contributed by atoms with Crippen LogP contribution in [0.3, 0.4) is 0 Å². The predicted molar refractivity (Wildman–Crippen MR) is 62.5 cm³/mol. The van der Waals surface area contributed by atoms with Crippen molar-refractivity contribution in [1.82, 2.24) is 10.7 Å². The van der Waals surface area contributed by atoms with Gasteiger partial charge in [-0.05, 0) is 12.1 Å².